The Labute approximate surface area is 149 Å². The van der Waals surface area contributed by atoms with Gasteiger partial charge >= 0.3 is 0 Å². The van der Waals surface area contributed by atoms with Crippen LogP contribution in [0.25, 0.3) is 0 Å². The zero-order valence-corrected chi connectivity index (χ0v) is 15.0. The van der Waals surface area contributed by atoms with Crippen molar-refractivity contribution in [3.8, 4) is 0 Å². The topological polar surface area (TPSA) is 48.5 Å². The molecule has 0 spiro atoms. The van der Waals surface area contributed by atoms with Crippen LogP contribution in [-0.2, 0) is 4.79 Å². The third-order valence-corrected chi connectivity index (χ3v) is 4.82. The van der Waals surface area contributed by atoms with E-state index in [4.69, 9.17) is 0 Å². The van der Waals surface area contributed by atoms with Crippen LogP contribution in [0, 0.1) is 6.92 Å². The smallest absolute Gasteiger partial charge is 0.238 e. The maximum Gasteiger partial charge on any atom is 0.238 e. The van der Waals surface area contributed by atoms with Gasteiger partial charge in [0.05, 0.1) is 6.54 Å². The molecule has 1 aromatic heterocycles. The summed E-state index contributed by atoms with van der Waals surface area (Å²) < 4.78 is 0. The zero-order chi connectivity index (χ0) is 17.6. The minimum atomic E-state index is 0.0533. The summed E-state index contributed by atoms with van der Waals surface area (Å²) in [5, 5.41) is 2.97. The van der Waals surface area contributed by atoms with Gasteiger partial charge in [0.1, 0.15) is 0 Å². The lowest BCUT2D eigenvalue weighted by atomic mass is 10.1. The third kappa shape index (κ3) is 4.87. The van der Waals surface area contributed by atoms with Crippen LogP contribution in [0.1, 0.15) is 24.1 Å². The third-order valence-electron chi connectivity index (χ3n) is 4.82. The summed E-state index contributed by atoms with van der Waals surface area (Å²) in [6.45, 7) is 8.46. The fourth-order valence-corrected chi connectivity index (χ4v) is 3.18. The fourth-order valence-electron chi connectivity index (χ4n) is 3.18. The van der Waals surface area contributed by atoms with Crippen molar-refractivity contribution in [2.24, 2.45) is 0 Å². The molecule has 3 rings (SSSR count). The predicted molar refractivity (Wildman–Crippen MR) is 100 cm³/mol. The summed E-state index contributed by atoms with van der Waals surface area (Å²) in [4.78, 5) is 21.1. The van der Waals surface area contributed by atoms with E-state index in [1.54, 1.807) is 6.20 Å². The highest BCUT2D eigenvalue weighted by atomic mass is 16.2. The van der Waals surface area contributed by atoms with Gasteiger partial charge < -0.3 is 5.32 Å². The minimum absolute atomic E-state index is 0.0533. The monoisotopic (exact) mass is 338 g/mol. The van der Waals surface area contributed by atoms with Crippen LogP contribution in [0.15, 0.2) is 48.8 Å². The van der Waals surface area contributed by atoms with Crippen molar-refractivity contribution in [2.75, 3.05) is 38.0 Å². The summed E-state index contributed by atoms with van der Waals surface area (Å²) in [6, 6.07) is 12.4. The molecule has 2 heterocycles. The average molecular weight is 338 g/mol. The predicted octanol–water partition coefficient (Wildman–Crippen LogP) is 2.71. The van der Waals surface area contributed by atoms with E-state index >= 15 is 0 Å². The second-order valence-corrected chi connectivity index (χ2v) is 6.69. The van der Waals surface area contributed by atoms with E-state index in [1.807, 2.05) is 43.5 Å². The van der Waals surface area contributed by atoms with Gasteiger partial charge in [-0.2, -0.15) is 0 Å². The van der Waals surface area contributed by atoms with Gasteiger partial charge in [0.15, 0.2) is 0 Å². The Balaban J connectivity index is 1.46. The van der Waals surface area contributed by atoms with Crippen molar-refractivity contribution < 1.29 is 4.79 Å². The highest BCUT2D eigenvalue weighted by Gasteiger charge is 2.23. The number of hydrogen-bond acceptors (Lipinski definition) is 4. The number of anilines is 1. The molecule has 5 nitrogen and oxygen atoms in total. The number of aromatic nitrogens is 1. The van der Waals surface area contributed by atoms with Crippen LogP contribution < -0.4 is 5.32 Å². The lowest BCUT2D eigenvalue weighted by molar-refractivity contribution is -0.117. The van der Waals surface area contributed by atoms with Crippen molar-refractivity contribution >= 4 is 11.6 Å². The molecule has 1 fully saturated rings. The molecule has 1 aromatic carbocycles. The number of amides is 1. The zero-order valence-electron chi connectivity index (χ0n) is 15.0. The van der Waals surface area contributed by atoms with E-state index in [0.29, 0.717) is 12.6 Å². The number of carbonyl (C=O) groups is 1. The van der Waals surface area contributed by atoms with Crippen molar-refractivity contribution in [3.63, 3.8) is 0 Å². The Morgan fingerprint density at radius 1 is 1.16 bits per heavy atom. The summed E-state index contributed by atoms with van der Waals surface area (Å²) in [5.41, 5.74) is 3.30. The van der Waals surface area contributed by atoms with Crippen LogP contribution in [0.5, 0.6) is 0 Å². The van der Waals surface area contributed by atoms with Gasteiger partial charge in [0.25, 0.3) is 0 Å². The SMILES string of the molecule is Cc1ccc(NC(=O)CN2CCN(C(C)c3cccnc3)CC2)cc1. The number of nitrogens with zero attached hydrogens (tertiary/aromatic N) is 3. The molecule has 1 N–H and O–H groups in total. The van der Waals surface area contributed by atoms with Crippen LogP contribution in [0.3, 0.4) is 0 Å². The Bertz CT molecular complexity index is 679. The Hall–Kier alpha value is -2.24. The maximum atomic E-state index is 12.2. The summed E-state index contributed by atoms with van der Waals surface area (Å²) in [6.07, 6.45) is 3.74. The molecule has 0 radical (unpaired) electrons. The van der Waals surface area contributed by atoms with Gasteiger partial charge in [-0.1, -0.05) is 23.8 Å². The normalized spacial score (nSPS) is 17.2. The molecule has 1 aliphatic heterocycles. The van der Waals surface area contributed by atoms with Gasteiger partial charge in [-0.15, -0.1) is 0 Å². The van der Waals surface area contributed by atoms with E-state index in [0.717, 1.165) is 31.9 Å². The van der Waals surface area contributed by atoms with E-state index in [-0.39, 0.29) is 5.91 Å². The van der Waals surface area contributed by atoms with Crippen molar-refractivity contribution in [2.45, 2.75) is 19.9 Å². The van der Waals surface area contributed by atoms with E-state index in [9.17, 15) is 4.79 Å². The first-order valence-electron chi connectivity index (χ1n) is 8.84. The van der Waals surface area contributed by atoms with Crippen LogP contribution >= 0.6 is 0 Å². The summed E-state index contributed by atoms with van der Waals surface area (Å²) >= 11 is 0. The second kappa shape index (κ2) is 8.23. The van der Waals surface area contributed by atoms with Crippen LogP contribution in [-0.4, -0.2) is 53.4 Å². The second-order valence-electron chi connectivity index (χ2n) is 6.69. The van der Waals surface area contributed by atoms with Gasteiger partial charge in [-0.3, -0.25) is 19.6 Å². The molecule has 1 unspecified atom stereocenters. The number of nitrogens with one attached hydrogen (secondary N) is 1. The van der Waals surface area contributed by atoms with Gasteiger partial charge in [-0.25, -0.2) is 0 Å². The van der Waals surface area contributed by atoms with Crippen LogP contribution in [0.4, 0.5) is 5.69 Å². The first-order valence-corrected chi connectivity index (χ1v) is 8.84. The van der Waals surface area contributed by atoms with Crippen molar-refractivity contribution in [3.05, 3.63) is 59.9 Å². The van der Waals surface area contributed by atoms with E-state index in [2.05, 4.69) is 33.1 Å². The number of carbonyl (C=O) groups excluding carboxylic acids is 1. The Morgan fingerprint density at radius 2 is 1.88 bits per heavy atom. The fraction of sp³-hybridized carbons (Fsp3) is 0.400. The molecule has 0 aliphatic carbocycles. The first-order chi connectivity index (χ1) is 12.1. The molecule has 1 saturated heterocycles. The number of hydrogen-bond donors (Lipinski definition) is 1. The number of piperazine rings is 1. The largest absolute Gasteiger partial charge is 0.325 e. The quantitative estimate of drug-likeness (QED) is 0.911. The first kappa shape index (κ1) is 17.6. The maximum absolute atomic E-state index is 12.2. The molecular weight excluding hydrogens is 312 g/mol. The number of aryl methyl sites for hydroxylation is 1. The molecule has 1 atom stereocenters. The van der Waals surface area contributed by atoms with Gasteiger partial charge in [0, 0.05) is 50.3 Å². The van der Waals surface area contributed by atoms with Gasteiger partial charge in [0.2, 0.25) is 5.91 Å². The molecule has 2 aromatic rings. The molecule has 0 bridgehead atoms. The highest BCUT2D eigenvalue weighted by Crippen LogP contribution is 2.20. The molecule has 1 amide bonds. The van der Waals surface area contributed by atoms with Gasteiger partial charge in [-0.05, 0) is 37.6 Å². The van der Waals surface area contributed by atoms with Crippen LogP contribution in [0.2, 0.25) is 0 Å². The van der Waals surface area contributed by atoms with E-state index < -0.39 is 0 Å². The van der Waals surface area contributed by atoms with Crippen molar-refractivity contribution in [1.29, 1.82) is 0 Å². The molecular formula is C20H26N4O. The highest BCUT2D eigenvalue weighted by molar-refractivity contribution is 5.92. The molecule has 5 heteroatoms. The molecule has 132 valence electrons. The number of benzene rings is 1. The lowest BCUT2D eigenvalue weighted by Gasteiger charge is -2.37. The Kier molecular flexibility index (Phi) is 5.79. The molecule has 0 saturated carbocycles. The minimum Gasteiger partial charge on any atom is -0.325 e. The van der Waals surface area contributed by atoms with Crippen molar-refractivity contribution in [1.82, 2.24) is 14.8 Å². The lowest BCUT2D eigenvalue weighted by Crippen LogP contribution is -2.49. The average Bonchev–Trinajstić information content (AvgIpc) is 2.64. The van der Waals surface area contributed by atoms with E-state index in [1.165, 1.54) is 11.1 Å². The molecule has 25 heavy (non-hydrogen) atoms. The molecule has 1 aliphatic rings. The Morgan fingerprint density at radius 3 is 2.52 bits per heavy atom. The summed E-state index contributed by atoms with van der Waals surface area (Å²) in [7, 11) is 0. The standard InChI is InChI=1S/C20H26N4O/c1-16-5-7-19(8-6-16)22-20(25)15-23-10-12-24(13-11-23)17(2)18-4-3-9-21-14-18/h3-9,14,17H,10-13,15H2,1-2H3,(H,22,25). The number of pyridine rings is 1. The number of rotatable bonds is 5. The summed E-state index contributed by atoms with van der Waals surface area (Å²) in [5.74, 6) is 0.0533.